The van der Waals surface area contributed by atoms with Gasteiger partial charge < -0.3 is 15.5 Å². The summed E-state index contributed by atoms with van der Waals surface area (Å²) in [6, 6.07) is 0.655. The second-order valence-corrected chi connectivity index (χ2v) is 6.51. The van der Waals surface area contributed by atoms with Crippen LogP contribution in [-0.2, 0) is 9.59 Å². The van der Waals surface area contributed by atoms with Crippen molar-refractivity contribution in [1.82, 2.24) is 20.4 Å². The van der Waals surface area contributed by atoms with Crippen LogP contribution in [0, 0.1) is 0 Å². The average Bonchev–Trinajstić information content (AvgIpc) is 3.24. The maximum Gasteiger partial charge on any atom is 0.237 e. The monoisotopic (exact) mass is 296 g/mol. The molecule has 1 saturated carbocycles. The van der Waals surface area contributed by atoms with E-state index in [0.29, 0.717) is 18.6 Å². The first-order valence-electron chi connectivity index (χ1n) is 7.94. The van der Waals surface area contributed by atoms with Crippen LogP contribution in [0.15, 0.2) is 0 Å². The zero-order valence-electron chi connectivity index (χ0n) is 13.4. The van der Waals surface area contributed by atoms with Gasteiger partial charge in [-0.15, -0.1) is 0 Å². The van der Waals surface area contributed by atoms with Gasteiger partial charge in [-0.25, -0.2) is 0 Å². The highest BCUT2D eigenvalue weighted by molar-refractivity contribution is 5.81. The van der Waals surface area contributed by atoms with Crippen LogP contribution in [0.2, 0.25) is 0 Å². The van der Waals surface area contributed by atoms with Crippen molar-refractivity contribution in [2.24, 2.45) is 0 Å². The number of carbonyl (C=O) groups excluding carboxylic acids is 2. The quantitative estimate of drug-likeness (QED) is 0.712. The number of hydrogen-bond donors (Lipinski definition) is 2. The van der Waals surface area contributed by atoms with Crippen molar-refractivity contribution >= 4 is 11.8 Å². The molecular formula is C15H28N4O2. The summed E-state index contributed by atoms with van der Waals surface area (Å²) in [6.45, 7) is 4.25. The van der Waals surface area contributed by atoms with Crippen molar-refractivity contribution in [3.05, 3.63) is 0 Å². The smallest absolute Gasteiger partial charge is 0.237 e. The van der Waals surface area contributed by atoms with Crippen molar-refractivity contribution in [2.75, 3.05) is 33.7 Å². The molecule has 6 heteroatoms. The fraction of sp³-hybridized carbons (Fsp3) is 0.867. The molecule has 1 aliphatic heterocycles. The van der Waals surface area contributed by atoms with Gasteiger partial charge >= 0.3 is 0 Å². The number of carbonyl (C=O) groups is 2. The molecule has 1 heterocycles. The van der Waals surface area contributed by atoms with Gasteiger partial charge in [-0.3, -0.25) is 14.5 Å². The van der Waals surface area contributed by atoms with E-state index in [1.165, 1.54) is 0 Å². The van der Waals surface area contributed by atoms with E-state index in [2.05, 4.69) is 15.5 Å². The Labute approximate surface area is 127 Å². The molecule has 120 valence electrons. The lowest BCUT2D eigenvalue weighted by Crippen LogP contribution is -2.51. The maximum absolute atomic E-state index is 11.9. The minimum atomic E-state index is -0.134. The average molecular weight is 296 g/mol. The third-order valence-corrected chi connectivity index (χ3v) is 4.25. The fourth-order valence-electron chi connectivity index (χ4n) is 2.57. The molecule has 2 aliphatic rings. The van der Waals surface area contributed by atoms with Crippen molar-refractivity contribution in [3.8, 4) is 0 Å². The van der Waals surface area contributed by atoms with Gasteiger partial charge in [-0.05, 0) is 32.6 Å². The van der Waals surface area contributed by atoms with Gasteiger partial charge in [-0.2, -0.15) is 0 Å². The van der Waals surface area contributed by atoms with E-state index < -0.39 is 0 Å². The Balaban J connectivity index is 1.66. The molecule has 1 atom stereocenters. The first-order chi connectivity index (χ1) is 9.95. The molecule has 0 bridgehead atoms. The number of rotatable bonds is 6. The molecule has 0 spiro atoms. The zero-order valence-corrected chi connectivity index (χ0v) is 13.4. The molecule has 21 heavy (non-hydrogen) atoms. The third kappa shape index (κ3) is 5.28. The number of likely N-dealkylation sites (tertiary alicyclic amines) is 1. The molecular weight excluding hydrogens is 268 g/mol. The molecule has 1 unspecified atom stereocenters. The van der Waals surface area contributed by atoms with Gasteiger partial charge in [0.1, 0.15) is 0 Å². The Morgan fingerprint density at radius 1 is 1.14 bits per heavy atom. The number of likely N-dealkylation sites (N-methyl/N-ethyl adjacent to an activating group) is 1. The molecule has 0 radical (unpaired) electrons. The summed E-state index contributed by atoms with van der Waals surface area (Å²) in [5, 5.41) is 6.44. The summed E-state index contributed by atoms with van der Waals surface area (Å²) >= 11 is 0. The minimum absolute atomic E-state index is 0.114. The van der Waals surface area contributed by atoms with Crippen LogP contribution in [0.4, 0.5) is 0 Å². The number of nitrogens with one attached hydrogen (secondary N) is 2. The molecule has 2 N–H and O–H groups in total. The highest BCUT2D eigenvalue weighted by Gasteiger charge is 2.28. The highest BCUT2D eigenvalue weighted by atomic mass is 16.2. The molecule has 0 aromatic heterocycles. The molecule has 2 fully saturated rings. The van der Waals surface area contributed by atoms with E-state index in [9.17, 15) is 9.59 Å². The van der Waals surface area contributed by atoms with Gasteiger partial charge in [-0.1, -0.05) is 0 Å². The van der Waals surface area contributed by atoms with Crippen molar-refractivity contribution < 1.29 is 9.59 Å². The van der Waals surface area contributed by atoms with Gasteiger partial charge in [0.25, 0.3) is 0 Å². The summed E-state index contributed by atoms with van der Waals surface area (Å²) in [5.41, 5.74) is 0. The molecule has 2 amide bonds. The van der Waals surface area contributed by atoms with Gasteiger partial charge in [0, 0.05) is 39.3 Å². The Bertz CT molecular complexity index is 374. The van der Waals surface area contributed by atoms with Gasteiger partial charge in [0.05, 0.1) is 12.6 Å². The van der Waals surface area contributed by atoms with Crippen molar-refractivity contribution in [1.29, 1.82) is 0 Å². The molecule has 1 saturated heterocycles. The Morgan fingerprint density at radius 2 is 1.76 bits per heavy atom. The van der Waals surface area contributed by atoms with Crippen LogP contribution >= 0.6 is 0 Å². The summed E-state index contributed by atoms with van der Waals surface area (Å²) in [7, 11) is 3.58. The topological polar surface area (TPSA) is 64.7 Å². The van der Waals surface area contributed by atoms with Crippen LogP contribution in [0.25, 0.3) is 0 Å². The number of amides is 2. The second-order valence-electron chi connectivity index (χ2n) is 6.51. The third-order valence-electron chi connectivity index (χ3n) is 4.25. The predicted octanol–water partition coefficient (Wildman–Crippen LogP) is -0.204. The Hall–Kier alpha value is -1.14. The lowest BCUT2D eigenvalue weighted by molar-refractivity contribution is -0.130. The van der Waals surface area contributed by atoms with Crippen LogP contribution in [0.1, 0.15) is 32.6 Å². The van der Waals surface area contributed by atoms with E-state index in [4.69, 9.17) is 0 Å². The largest absolute Gasteiger partial charge is 0.352 e. The SMILES string of the molecule is CC(NC1CCN(CC(=O)N(C)C)CC1)C(=O)NC1CC1. The first-order valence-corrected chi connectivity index (χ1v) is 7.94. The molecule has 2 rings (SSSR count). The Morgan fingerprint density at radius 3 is 2.29 bits per heavy atom. The zero-order chi connectivity index (χ0) is 15.4. The van der Waals surface area contributed by atoms with E-state index >= 15 is 0 Å². The fourth-order valence-corrected chi connectivity index (χ4v) is 2.57. The van der Waals surface area contributed by atoms with Gasteiger partial charge in [0.2, 0.25) is 11.8 Å². The number of piperidine rings is 1. The minimum Gasteiger partial charge on any atom is -0.352 e. The second kappa shape index (κ2) is 7.22. The summed E-state index contributed by atoms with van der Waals surface area (Å²) in [4.78, 5) is 27.4. The first kappa shape index (κ1) is 16.2. The number of hydrogen-bond acceptors (Lipinski definition) is 4. The summed E-state index contributed by atoms with van der Waals surface area (Å²) in [6.07, 6.45) is 4.22. The maximum atomic E-state index is 11.9. The summed E-state index contributed by atoms with van der Waals surface area (Å²) in [5.74, 6) is 0.265. The standard InChI is InChI=1S/C15H28N4O2/c1-11(15(21)17-12-4-5-12)16-13-6-8-19(9-7-13)10-14(20)18(2)3/h11-13,16H,4-10H2,1-3H3,(H,17,21). The van der Waals surface area contributed by atoms with E-state index in [1.807, 2.05) is 6.92 Å². The lowest BCUT2D eigenvalue weighted by Gasteiger charge is -2.33. The predicted molar refractivity (Wildman–Crippen MR) is 81.9 cm³/mol. The van der Waals surface area contributed by atoms with Crippen molar-refractivity contribution in [3.63, 3.8) is 0 Å². The van der Waals surface area contributed by atoms with Gasteiger partial charge in [0.15, 0.2) is 0 Å². The van der Waals surface area contributed by atoms with Crippen molar-refractivity contribution in [2.45, 2.75) is 50.7 Å². The summed E-state index contributed by atoms with van der Waals surface area (Å²) < 4.78 is 0. The van der Waals surface area contributed by atoms with E-state index in [0.717, 1.165) is 38.8 Å². The van der Waals surface area contributed by atoms with E-state index in [-0.39, 0.29) is 17.9 Å². The van der Waals surface area contributed by atoms with Crippen LogP contribution in [-0.4, -0.2) is 73.5 Å². The van der Waals surface area contributed by atoms with E-state index in [1.54, 1.807) is 19.0 Å². The normalized spacial score (nSPS) is 21.9. The van der Waals surface area contributed by atoms with Crippen LogP contribution < -0.4 is 10.6 Å². The molecule has 0 aromatic rings. The van der Waals surface area contributed by atoms with Crippen LogP contribution in [0.3, 0.4) is 0 Å². The lowest BCUT2D eigenvalue weighted by atomic mass is 10.0. The molecule has 1 aliphatic carbocycles. The van der Waals surface area contributed by atoms with Crippen LogP contribution in [0.5, 0.6) is 0 Å². The molecule has 6 nitrogen and oxygen atoms in total. The molecule has 0 aromatic carbocycles. The highest BCUT2D eigenvalue weighted by Crippen LogP contribution is 2.18. The Kier molecular flexibility index (Phi) is 5.58. The number of nitrogens with zero attached hydrogens (tertiary/aromatic N) is 2.